The quantitative estimate of drug-likeness (QED) is 0.252. The second-order valence-corrected chi connectivity index (χ2v) is 17.0. The molecule has 2 N–H and O–H groups in total. The van der Waals surface area contributed by atoms with Gasteiger partial charge in [0.25, 0.3) is 0 Å². The van der Waals surface area contributed by atoms with E-state index in [0.717, 1.165) is 6.07 Å². The van der Waals surface area contributed by atoms with Crippen LogP contribution in [-0.2, 0) is 15.4 Å². The molecule has 9 heteroatoms. The average molecular weight is 562 g/mol. The molecule has 2 aromatic carbocycles. The van der Waals surface area contributed by atoms with Crippen LogP contribution >= 0.6 is 11.6 Å². The van der Waals surface area contributed by atoms with Crippen LogP contribution in [0.2, 0.25) is 23.2 Å². The molecule has 1 aliphatic heterocycles. The lowest BCUT2D eigenvalue weighted by atomic mass is 9.82. The molecule has 0 aliphatic carbocycles. The number of aliphatic hydroxyl groups excluding tert-OH is 1. The van der Waals surface area contributed by atoms with Crippen molar-refractivity contribution in [3.05, 3.63) is 82.0 Å². The van der Waals surface area contributed by atoms with E-state index in [1.54, 1.807) is 36.4 Å². The molecule has 2 heterocycles. The number of ether oxygens (including phenoxy) is 1. The van der Waals surface area contributed by atoms with Gasteiger partial charge in [-0.25, -0.2) is 13.8 Å². The molecular weight excluding hydrogens is 528 g/mol. The van der Waals surface area contributed by atoms with E-state index in [2.05, 4.69) is 38.8 Å². The van der Waals surface area contributed by atoms with Gasteiger partial charge in [-0.15, -0.1) is 0 Å². The zero-order valence-corrected chi connectivity index (χ0v) is 24.3. The summed E-state index contributed by atoms with van der Waals surface area (Å²) in [5, 5.41) is 21.8. The highest BCUT2D eigenvalue weighted by atomic mass is 35.5. The molecule has 2 atom stereocenters. The van der Waals surface area contributed by atoms with E-state index in [9.17, 15) is 14.6 Å². The van der Waals surface area contributed by atoms with E-state index in [-0.39, 0.29) is 33.6 Å². The second kappa shape index (κ2) is 9.99. The minimum Gasteiger partial charge on any atom is -0.490 e. The Bertz CT molecular complexity index is 1350. The van der Waals surface area contributed by atoms with Gasteiger partial charge in [0.05, 0.1) is 22.7 Å². The van der Waals surface area contributed by atoms with Gasteiger partial charge in [-0.2, -0.15) is 0 Å². The number of rotatable bonds is 7. The molecule has 204 valence electrons. The van der Waals surface area contributed by atoms with Crippen molar-refractivity contribution in [1.82, 2.24) is 4.98 Å². The molecule has 0 bridgehead atoms. The van der Waals surface area contributed by atoms with E-state index < -0.39 is 37.6 Å². The normalized spacial score (nSPS) is 19.1. The maximum atomic E-state index is 15.1. The standard InChI is InChI=1S/C29H34ClF2NO4Si/c1-27(2,3)38(5,6)37-17-28(4)16-36-26-20(28)13-24(29(35,15-34)18-10-8-7-9-11-18)33-25(26)19-12-21(30)23(32)14-22(19)31/h7-14,34-35H,15-17H2,1-6H3/t28-,29-/m1/s1. The number of fused-ring (bicyclic) bond motifs is 1. The topological polar surface area (TPSA) is 71.8 Å². The predicted molar refractivity (Wildman–Crippen MR) is 147 cm³/mol. The number of nitrogens with zero attached hydrogens (tertiary/aromatic N) is 1. The first-order valence-corrected chi connectivity index (χ1v) is 15.8. The molecule has 3 aromatic rings. The van der Waals surface area contributed by atoms with Crippen molar-refractivity contribution in [3.63, 3.8) is 0 Å². The predicted octanol–water partition coefficient (Wildman–Crippen LogP) is 6.58. The summed E-state index contributed by atoms with van der Waals surface area (Å²) in [5.41, 5.74) is -1.40. The highest BCUT2D eigenvalue weighted by Crippen LogP contribution is 2.48. The van der Waals surface area contributed by atoms with E-state index in [1.165, 1.54) is 0 Å². The molecule has 1 aliphatic rings. The van der Waals surface area contributed by atoms with Gasteiger partial charge in [-0.3, -0.25) is 0 Å². The number of aliphatic hydroxyl groups is 2. The van der Waals surface area contributed by atoms with Gasteiger partial charge in [-0.05, 0) is 42.8 Å². The SMILES string of the molecule is CC(C)(C)[Si](C)(C)OC[C@@]1(C)COc2c1cc([C@@](O)(CO)c1ccccc1)nc2-c1cc(Cl)c(F)cc1F. The monoisotopic (exact) mass is 561 g/mol. The van der Waals surface area contributed by atoms with Crippen LogP contribution in [0.3, 0.4) is 0 Å². The Labute approximate surface area is 228 Å². The summed E-state index contributed by atoms with van der Waals surface area (Å²) >= 11 is 6.02. The van der Waals surface area contributed by atoms with E-state index in [4.69, 9.17) is 20.8 Å². The number of pyridine rings is 1. The molecule has 0 saturated carbocycles. The Morgan fingerprint density at radius 3 is 2.37 bits per heavy atom. The Hall–Kier alpha value is -2.36. The van der Waals surface area contributed by atoms with Crippen LogP contribution in [-0.4, -0.2) is 43.3 Å². The maximum Gasteiger partial charge on any atom is 0.192 e. The smallest absolute Gasteiger partial charge is 0.192 e. The van der Waals surface area contributed by atoms with Crippen molar-refractivity contribution in [2.75, 3.05) is 19.8 Å². The summed E-state index contributed by atoms with van der Waals surface area (Å²) in [6.45, 7) is 12.7. The Kier molecular flexibility index (Phi) is 7.53. The van der Waals surface area contributed by atoms with Gasteiger partial charge < -0.3 is 19.4 Å². The fourth-order valence-corrected chi connectivity index (χ4v) is 5.52. The number of halogens is 3. The van der Waals surface area contributed by atoms with Crippen LogP contribution in [0.15, 0.2) is 48.5 Å². The molecule has 0 spiro atoms. The summed E-state index contributed by atoms with van der Waals surface area (Å²) in [6, 6.07) is 12.2. The molecule has 0 radical (unpaired) electrons. The van der Waals surface area contributed by atoms with Crippen LogP contribution < -0.4 is 4.74 Å². The highest BCUT2D eigenvalue weighted by Gasteiger charge is 2.45. The first-order chi connectivity index (χ1) is 17.6. The lowest BCUT2D eigenvalue weighted by Crippen LogP contribution is -2.45. The molecule has 5 nitrogen and oxygen atoms in total. The summed E-state index contributed by atoms with van der Waals surface area (Å²) in [7, 11) is -2.13. The summed E-state index contributed by atoms with van der Waals surface area (Å²) in [6.07, 6.45) is 0. The van der Waals surface area contributed by atoms with Crippen molar-refractivity contribution in [3.8, 4) is 17.0 Å². The molecule has 0 unspecified atom stereocenters. The largest absolute Gasteiger partial charge is 0.490 e. The van der Waals surface area contributed by atoms with E-state index in [1.807, 2.05) is 6.92 Å². The molecule has 0 saturated heterocycles. The second-order valence-electron chi connectivity index (χ2n) is 11.8. The minimum absolute atomic E-state index is 0.0152. The van der Waals surface area contributed by atoms with Crippen molar-refractivity contribution in [1.29, 1.82) is 0 Å². The van der Waals surface area contributed by atoms with Crippen LogP contribution in [0.4, 0.5) is 8.78 Å². The summed E-state index contributed by atoms with van der Waals surface area (Å²) in [5.74, 6) is -1.46. The third kappa shape index (κ3) is 5.00. The van der Waals surface area contributed by atoms with Gasteiger partial charge in [0, 0.05) is 23.8 Å². The van der Waals surface area contributed by atoms with Crippen LogP contribution in [0.1, 0.15) is 44.5 Å². The van der Waals surface area contributed by atoms with Crippen LogP contribution in [0.5, 0.6) is 5.75 Å². The molecule has 38 heavy (non-hydrogen) atoms. The van der Waals surface area contributed by atoms with Crippen LogP contribution in [0, 0.1) is 11.6 Å². The minimum atomic E-state index is -2.13. The molecular formula is C29H34ClF2NO4Si. The third-order valence-corrected chi connectivity index (χ3v) is 12.7. The molecule has 0 fully saturated rings. The first kappa shape index (κ1) is 28.6. The van der Waals surface area contributed by atoms with Crippen molar-refractivity contribution in [2.24, 2.45) is 0 Å². The lowest BCUT2D eigenvalue weighted by Gasteiger charge is -2.38. The third-order valence-electron chi connectivity index (χ3n) is 7.89. The van der Waals surface area contributed by atoms with Gasteiger partial charge in [0.15, 0.2) is 13.9 Å². The zero-order chi connectivity index (χ0) is 28.1. The fraction of sp³-hybridized carbons (Fsp3) is 0.414. The Morgan fingerprint density at radius 1 is 1.11 bits per heavy atom. The number of benzene rings is 2. The first-order valence-electron chi connectivity index (χ1n) is 12.5. The summed E-state index contributed by atoms with van der Waals surface area (Å²) in [4.78, 5) is 4.59. The fourth-order valence-electron chi connectivity index (χ4n) is 4.25. The van der Waals surface area contributed by atoms with Crippen molar-refractivity contribution >= 4 is 19.9 Å². The van der Waals surface area contributed by atoms with Gasteiger partial charge >= 0.3 is 0 Å². The van der Waals surface area contributed by atoms with Gasteiger partial charge in [0.2, 0.25) is 0 Å². The molecule has 0 amide bonds. The Balaban J connectivity index is 1.93. The maximum absolute atomic E-state index is 15.1. The molecule has 4 rings (SSSR count). The highest BCUT2D eigenvalue weighted by molar-refractivity contribution is 6.74. The number of aromatic nitrogens is 1. The number of hydrogen-bond acceptors (Lipinski definition) is 5. The van der Waals surface area contributed by atoms with Crippen LogP contribution in [0.25, 0.3) is 11.3 Å². The Morgan fingerprint density at radius 2 is 1.76 bits per heavy atom. The molecule has 1 aromatic heterocycles. The zero-order valence-electron chi connectivity index (χ0n) is 22.5. The summed E-state index contributed by atoms with van der Waals surface area (Å²) < 4.78 is 41.8. The lowest BCUT2D eigenvalue weighted by molar-refractivity contribution is 0.0137. The van der Waals surface area contributed by atoms with Crippen molar-refractivity contribution in [2.45, 2.75) is 56.8 Å². The number of hydrogen-bond donors (Lipinski definition) is 2. The van der Waals surface area contributed by atoms with E-state index in [0.29, 0.717) is 29.5 Å². The van der Waals surface area contributed by atoms with Gasteiger partial charge in [-0.1, -0.05) is 62.7 Å². The van der Waals surface area contributed by atoms with E-state index >= 15 is 4.39 Å². The van der Waals surface area contributed by atoms with Gasteiger partial charge in [0.1, 0.15) is 29.7 Å². The van der Waals surface area contributed by atoms with Crippen molar-refractivity contribution < 1.29 is 28.2 Å². The average Bonchev–Trinajstić information content (AvgIpc) is 3.21.